The van der Waals surface area contributed by atoms with E-state index in [1.807, 2.05) is 0 Å². The van der Waals surface area contributed by atoms with Crippen molar-refractivity contribution in [3.63, 3.8) is 0 Å². The van der Waals surface area contributed by atoms with E-state index in [0.717, 1.165) is 19.3 Å². The largest absolute Gasteiger partial charge is 0.496 e. The van der Waals surface area contributed by atoms with Gasteiger partial charge >= 0.3 is 7.82 Å². The fraction of sp³-hybridized carbons (Fsp3) is 0.690. The maximum Gasteiger partial charge on any atom is 0.472 e. The molecule has 2 fully saturated rings. The fourth-order valence-corrected chi connectivity index (χ4v) is 8.95. The highest BCUT2D eigenvalue weighted by atomic mass is 31.2. The smallest absolute Gasteiger partial charge is 0.472 e. The summed E-state index contributed by atoms with van der Waals surface area (Å²) in [6, 6.07) is 10.4. The topological polar surface area (TPSA) is 213 Å². The number of ether oxygens (including phenoxy) is 4. The molecule has 1 aliphatic carbocycles. The van der Waals surface area contributed by atoms with Crippen molar-refractivity contribution in [3.8, 4) is 11.8 Å². The van der Waals surface area contributed by atoms with Crippen LogP contribution in [0.25, 0.3) is 5.52 Å². The van der Waals surface area contributed by atoms with Crippen molar-refractivity contribution in [2.45, 2.75) is 159 Å². The van der Waals surface area contributed by atoms with Gasteiger partial charge in [0.25, 0.3) is 0 Å². The third kappa shape index (κ3) is 11.6. The first-order valence-electron chi connectivity index (χ1n) is 21.1. The van der Waals surface area contributed by atoms with Crippen molar-refractivity contribution >= 4 is 19.2 Å². The van der Waals surface area contributed by atoms with Gasteiger partial charge in [-0.3, -0.25) is 9.05 Å². The standard InChI is InChI=1S/C42H64N5O10P/c1-4-5-6-7-8-9-10-11-12-13-14-15-16-17-18-19-24-53-28-33(54-27-32-21-20-31(26-43)25-36(32)52-3)29-55-58(50,51)57-40-41(2)42(40,49)38(48)37(56-41)34-22-23-35-39(44)45-30-46-47(34)35/h20-23,25,30,33,37-38,40,48-49H,4-19,24,27-29H2,1-3H3,(H,50,51)(H2,44,45,46)/t33-,37-,38+,40-,41-,42-/m1/s1. The van der Waals surface area contributed by atoms with E-state index in [1.165, 1.54) is 108 Å². The summed E-state index contributed by atoms with van der Waals surface area (Å²) in [6.07, 6.45) is 16.9. The summed E-state index contributed by atoms with van der Waals surface area (Å²) in [6.45, 7) is 3.99. The van der Waals surface area contributed by atoms with Gasteiger partial charge in [-0.1, -0.05) is 109 Å². The van der Waals surface area contributed by atoms with Gasteiger partial charge < -0.3 is 39.8 Å². The first kappa shape index (κ1) is 45.9. The molecule has 5 rings (SSSR count). The molecule has 0 radical (unpaired) electrons. The van der Waals surface area contributed by atoms with Crippen molar-refractivity contribution in [3.05, 3.63) is 53.5 Å². The number of benzene rings is 1. The van der Waals surface area contributed by atoms with E-state index < -0.39 is 43.4 Å². The highest BCUT2D eigenvalue weighted by Crippen LogP contribution is 2.68. The Balaban J connectivity index is 1.05. The van der Waals surface area contributed by atoms with Crippen LogP contribution in [0, 0.1) is 11.3 Å². The molecule has 1 saturated carbocycles. The Morgan fingerprint density at radius 1 is 0.983 bits per heavy atom. The zero-order valence-corrected chi connectivity index (χ0v) is 35.3. The minimum absolute atomic E-state index is 0.0504. The molecule has 1 aliphatic heterocycles. The number of nitrogen functional groups attached to an aromatic ring is 1. The van der Waals surface area contributed by atoms with Crippen molar-refractivity contribution in [2.24, 2.45) is 0 Å². The normalized spacial score (nSPS) is 24.1. The monoisotopic (exact) mass is 829 g/mol. The summed E-state index contributed by atoms with van der Waals surface area (Å²) in [5.74, 6) is 0.694. The average Bonchev–Trinajstić information content (AvgIpc) is 3.47. The van der Waals surface area contributed by atoms with Crippen LogP contribution in [0.1, 0.15) is 140 Å². The molecule has 15 nitrogen and oxygen atoms in total. The number of rotatable bonds is 29. The Morgan fingerprint density at radius 2 is 1.62 bits per heavy atom. The Hall–Kier alpha value is -3.16. The Bertz CT molecular complexity index is 1820. The summed E-state index contributed by atoms with van der Waals surface area (Å²) in [4.78, 5) is 14.8. The summed E-state index contributed by atoms with van der Waals surface area (Å²) >= 11 is 0. The number of aromatic nitrogens is 3. The van der Waals surface area contributed by atoms with E-state index >= 15 is 0 Å². The molecule has 1 aromatic carbocycles. The molecule has 3 heterocycles. The van der Waals surface area contributed by atoms with E-state index in [2.05, 4.69) is 23.1 Å². The van der Waals surface area contributed by atoms with Crippen LogP contribution < -0.4 is 10.5 Å². The summed E-state index contributed by atoms with van der Waals surface area (Å²) in [7, 11) is -3.32. The van der Waals surface area contributed by atoms with E-state index in [0.29, 0.717) is 34.7 Å². The number of nitrogens with two attached hydrogens (primary N) is 1. The van der Waals surface area contributed by atoms with E-state index in [9.17, 15) is 24.9 Å². The lowest BCUT2D eigenvalue weighted by Gasteiger charge is -2.24. The first-order chi connectivity index (χ1) is 28.0. The number of fused-ring (bicyclic) bond motifs is 2. The second kappa shape index (κ2) is 21.9. The number of hydrogen-bond donors (Lipinski definition) is 4. The van der Waals surface area contributed by atoms with Gasteiger partial charge in [0.15, 0.2) is 11.4 Å². The van der Waals surface area contributed by atoms with Crippen LogP contribution in [0.4, 0.5) is 5.82 Å². The Morgan fingerprint density at radius 3 is 2.21 bits per heavy atom. The van der Waals surface area contributed by atoms with Crippen LogP contribution in [0.2, 0.25) is 0 Å². The molecular formula is C42H64N5O10P. The van der Waals surface area contributed by atoms with Crippen molar-refractivity contribution in [2.75, 3.05) is 32.7 Å². The number of anilines is 1. The molecule has 3 aromatic rings. The van der Waals surface area contributed by atoms with Gasteiger partial charge in [0.1, 0.15) is 47.6 Å². The summed E-state index contributed by atoms with van der Waals surface area (Å²) in [5, 5.41) is 36.2. The van der Waals surface area contributed by atoms with Gasteiger partial charge in [0.2, 0.25) is 0 Å². The third-order valence-electron chi connectivity index (χ3n) is 11.5. The Kier molecular flexibility index (Phi) is 17.3. The van der Waals surface area contributed by atoms with Crippen molar-refractivity contribution in [1.82, 2.24) is 14.6 Å². The molecule has 7 atom stereocenters. The predicted molar refractivity (Wildman–Crippen MR) is 218 cm³/mol. The second-order valence-corrected chi connectivity index (χ2v) is 17.2. The number of nitrogens with zero attached hydrogens (tertiary/aromatic N) is 4. The molecule has 2 aliphatic rings. The second-order valence-electron chi connectivity index (χ2n) is 15.8. The first-order valence-corrected chi connectivity index (χ1v) is 22.6. The molecule has 16 heteroatoms. The number of nitriles is 1. The van der Waals surface area contributed by atoms with Crippen LogP contribution in [0.15, 0.2) is 36.7 Å². The van der Waals surface area contributed by atoms with Gasteiger partial charge in [-0.15, -0.1) is 0 Å². The molecule has 0 amide bonds. The molecule has 58 heavy (non-hydrogen) atoms. The zero-order chi connectivity index (χ0) is 41.6. The molecule has 2 aromatic heterocycles. The highest BCUT2D eigenvalue weighted by Gasteiger charge is 2.87. The van der Waals surface area contributed by atoms with Gasteiger partial charge in [0.05, 0.1) is 44.3 Å². The van der Waals surface area contributed by atoms with Crippen LogP contribution in [0.3, 0.4) is 0 Å². The van der Waals surface area contributed by atoms with Gasteiger partial charge in [-0.25, -0.2) is 14.1 Å². The number of methoxy groups -OCH3 is 1. The molecule has 5 N–H and O–H groups in total. The minimum Gasteiger partial charge on any atom is -0.496 e. The minimum atomic E-state index is -4.82. The average molecular weight is 830 g/mol. The lowest BCUT2D eigenvalue weighted by Crippen LogP contribution is -2.35. The predicted octanol–water partition coefficient (Wildman–Crippen LogP) is 7.49. The van der Waals surface area contributed by atoms with E-state index in [-0.39, 0.29) is 25.6 Å². The van der Waals surface area contributed by atoms with Crippen molar-refractivity contribution in [1.29, 1.82) is 5.26 Å². The van der Waals surface area contributed by atoms with Crippen LogP contribution >= 0.6 is 7.82 Å². The van der Waals surface area contributed by atoms with E-state index in [4.69, 9.17) is 33.7 Å². The van der Waals surface area contributed by atoms with E-state index in [1.54, 1.807) is 30.3 Å². The quantitative estimate of drug-likeness (QED) is 0.0394. The van der Waals surface area contributed by atoms with Gasteiger partial charge in [-0.2, -0.15) is 10.4 Å². The molecule has 0 bridgehead atoms. The highest BCUT2D eigenvalue weighted by molar-refractivity contribution is 7.47. The maximum absolute atomic E-state index is 13.3. The summed E-state index contributed by atoms with van der Waals surface area (Å²) < 4.78 is 49.1. The molecule has 322 valence electrons. The lowest BCUT2D eigenvalue weighted by molar-refractivity contribution is -0.0837. The third-order valence-corrected chi connectivity index (χ3v) is 12.5. The van der Waals surface area contributed by atoms with Crippen LogP contribution in [-0.4, -0.2) is 86.1 Å². The number of hydrogen-bond acceptors (Lipinski definition) is 13. The SMILES string of the molecule is CCCCCCCCCCCCCCCCCCOC[C@H](COP(=O)(O)O[C@H]1[C@]2(O)[C@@H](O)[C@@H](c3ccc4c(N)ncnn34)O[C@]12C)OCc1ccc(C#N)cc1OC. The fourth-order valence-electron chi connectivity index (χ4n) is 7.91. The number of phosphoric acid groups is 1. The number of phosphoric ester groups is 1. The lowest BCUT2D eigenvalue weighted by atomic mass is 10.0. The van der Waals surface area contributed by atoms with Gasteiger partial charge in [0, 0.05) is 12.2 Å². The molecule has 1 unspecified atom stereocenters. The summed E-state index contributed by atoms with van der Waals surface area (Å²) in [5.41, 5.74) is 4.41. The molecule has 0 spiro atoms. The molecular weight excluding hydrogens is 765 g/mol. The van der Waals surface area contributed by atoms with Gasteiger partial charge in [-0.05, 0) is 37.6 Å². The van der Waals surface area contributed by atoms with Crippen LogP contribution in [0.5, 0.6) is 5.75 Å². The Labute approximate surface area is 342 Å². The number of aliphatic hydroxyl groups is 2. The van der Waals surface area contributed by atoms with Crippen LogP contribution in [-0.2, 0) is 34.4 Å². The van der Waals surface area contributed by atoms with Crippen molar-refractivity contribution < 1.29 is 47.7 Å². The zero-order valence-electron chi connectivity index (χ0n) is 34.4. The molecule has 1 saturated heterocycles. The maximum atomic E-state index is 13.3. The number of aliphatic hydroxyl groups excluding tert-OH is 1. The number of unbranched alkanes of at least 4 members (excludes halogenated alkanes) is 15.